The highest BCUT2D eigenvalue weighted by Crippen LogP contribution is 2.26. The Morgan fingerprint density at radius 2 is 1.95 bits per heavy atom. The molecule has 1 N–H and O–H groups in total. The summed E-state index contributed by atoms with van der Waals surface area (Å²) in [6, 6.07) is 6.40. The van der Waals surface area contributed by atoms with Gasteiger partial charge in [0.05, 0.1) is 0 Å². The molecule has 1 aliphatic rings. The smallest absolute Gasteiger partial charge is 0.261 e. The Bertz CT molecular complexity index is 468. The Balaban J connectivity index is 2.05. The molecule has 20 heavy (non-hydrogen) atoms. The first kappa shape index (κ1) is 14.9. The summed E-state index contributed by atoms with van der Waals surface area (Å²) in [6.45, 7) is 5.90. The fourth-order valence-corrected chi connectivity index (χ4v) is 2.65. The van der Waals surface area contributed by atoms with Crippen LogP contribution in [-0.2, 0) is 17.6 Å². The Kier molecular flexibility index (Phi) is 5.05. The number of hydrogen-bond donors (Lipinski definition) is 1. The molecule has 0 unspecified atom stereocenters. The zero-order chi connectivity index (χ0) is 14.5. The molecule has 1 aliphatic carbocycles. The van der Waals surface area contributed by atoms with Gasteiger partial charge in [-0.05, 0) is 69.2 Å². The van der Waals surface area contributed by atoms with Crippen molar-refractivity contribution >= 4 is 5.91 Å². The summed E-state index contributed by atoms with van der Waals surface area (Å²) in [5.41, 5.74) is 2.82. The van der Waals surface area contributed by atoms with E-state index in [2.05, 4.69) is 17.4 Å². The van der Waals surface area contributed by atoms with Crippen molar-refractivity contribution in [2.24, 2.45) is 0 Å². The van der Waals surface area contributed by atoms with Crippen molar-refractivity contribution in [1.29, 1.82) is 0 Å². The number of carbonyl (C=O) groups is 1. The normalized spacial score (nSPS) is 15.6. The maximum Gasteiger partial charge on any atom is 0.261 e. The molecule has 0 radical (unpaired) electrons. The average Bonchev–Trinajstić information content (AvgIpc) is 2.43. The van der Waals surface area contributed by atoms with Crippen molar-refractivity contribution in [3.63, 3.8) is 0 Å². The summed E-state index contributed by atoms with van der Waals surface area (Å²) in [7, 11) is 0. The third kappa shape index (κ3) is 3.75. The van der Waals surface area contributed by atoms with Gasteiger partial charge in [-0.3, -0.25) is 4.79 Å². The maximum absolute atomic E-state index is 12.0. The lowest BCUT2D eigenvalue weighted by atomic mass is 9.92. The SMILES string of the molecule is CC[C@H](Oc1ccc2c(c1)CCCC2)C(=O)NC(C)C. The van der Waals surface area contributed by atoms with E-state index in [9.17, 15) is 4.79 Å². The minimum atomic E-state index is -0.404. The monoisotopic (exact) mass is 275 g/mol. The standard InChI is InChI=1S/C17H25NO2/c1-4-16(17(19)18-12(2)3)20-15-10-9-13-7-5-6-8-14(13)11-15/h9-12,16H,4-8H2,1-3H3,(H,18,19)/t16-/m0/s1. The fraction of sp³-hybridized carbons (Fsp3) is 0.588. The van der Waals surface area contributed by atoms with E-state index in [4.69, 9.17) is 4.74 Å². The van der Waals surface area contributed by atoms with Crippen molar-refractivity contribution < 1.29 is 9.53 Å². The Hall–Kier alpha value is -1.51. The van der Waals surface area contributed by atoms with Crippen LogP contribution in [0.25, 0.3) is 0 Å². The molecule has 0 aromatic heterocycles. The summed E-state index contributed by atoms with van der Waals surface area (Å²) >= 11 is 0. The van der Waals surface area contributed by atoms with Crippen molar-refractivity contribution in [2.45, 2.75) is 65.0 Å². The van der Waals surface area contributed by atoms with Gasteiger partial charge in [-0.2, -0.15) is 0 Å². The van der Waals surface area contributed by atoms with Crippen LogP contribution in [0.15, 0.2) is 18.2 Å². The van der Waals surface area contributed by atoms with Crippen molar-refractivity contribution in [2.75, 3.05) is 0 Å². The molecule has 0 fully saturated rings. The highest BCUT2D eigenvalue weighted by Gasteiger charge is 2.19. The molecule has 1 atom stereocenters. The van der Waals surface area contributed by atoms with Crippen LogP contribution in [0, 0.1) is 0 Å². The van der Waals surface area contributed by atoms with Crippen LogP contribution < -0.4 is 10.1 Å². The number of nitrogens with one attached hydrogen (secondary N) is 1. The van der Waals surface area contributed by atoms with Crippen LogP contribution in [0.1, 0.15) is 51.2 Å². The van der Waals surface area contributed by atoms with E-state index in [1.165, 1.54) is 30.4 Å². The van der Waals surface area contributed by atoms with Crippen LogP contribution in [0.3, 0.4) is 0 Å². The molecule has 2 rings (SSSR count). The van der Waals surface area contributed by atoms with Gasteiger partial charge < -0.3 is 10.1 Å². The maximum atomic E-state index is 12.0. The molecule has 3 nitrogen and oxygen atoms in total. The summed E-state index contributed by atoms with van der Waals surface area (Å²) in [4.78, 5) is 12.0. The number of benzene rings is 1. The molecule has 1 aromatic rings. The summed E-state index contributed by atoms with van der Waals surface area (Å²) in [6.07, 6.45) is 5.10. The predicted octanol–water partition coefficient (Wildman–Crippen LogP) is 3.25. The number of hydrogen-bond acceptors (Lipinski definition) is 2. The van der Waals surface area contributed by atoms with E-state index >= 15 is 0 Å². The van der Waals surface area contributed by atoms with Gasteiger partial charge in [0, 0.05) is 6.04 Å². The second-order valence-corrected chi connectivity index (χ2v) is 5.82. The molecular formula is C17H25NO2. The van der Waals surface area contributed by atoms with E-state index in [0.717, 1.165) is 12.2 Å². The molecule has 0 aliphatic heterocycles. The Morgan fingerprint density at radius 3 is 2.60 bits per heavy atom. The molecule has 3 heteroatoms. The Labute approximate surface area is 121 Å². The van der Waals surface area contributed by atoms with Crippen LogP contribution in [0.2, 0.25) is 0 Å². The fourth-order valence-electron chi connectivity index (χ4n) is 2.65. The molecule has 0 saturated carbocycles. The minimum Gasteiger partial charge on any atom is -0.481 e. The summed E-state index contributed by atoms with van der Waals surface area (Å²) in [5, 5.41) is 2.91. The molecule has 1 aromatic carbocycles. The van der Waals surface area contributed by atoms with Crippen molar-refractivity contribution in [3.05, 3.63) is 29.3 Å². The van der Waals surface area contributed by atoms with Crippen LogP contribution in [-0.4, -0.2) is 18.1 Å². The van der Waals surface area contributed by atoms with E-state index in [1.54, 1.807) is 0 Å². The van der Waals surface area contributed by atoms with E-state index < -0.39 is 6.10 Å². The zero-order valence-electron chi connectivity index (χ0n) is 12.7. The van der Waals surface area contributed by atoms with Crippen molar-refractivity contribution in [3.8, 4) is 5.75 Å². The second-order valence-electron chi connectivity index (χ2n) is 5.82. The third-order valence-corrected chi connectivity index (χ3v) is 3.69. The first-order valence-electron chi connectivity index (χ1n) is 7.69. The van der Waals surface area contributed by atoms with Crippen molar-refractivity contribution in [1.82, 2.24) is 5.32 Å². The van der Waals surface area contributed by atoms with Gasteiger partial charge in [0.15, 0.2) is 6.10 Å². The van der Waals surface area contributed by atoms with E-state index in [1.807, 2.05) is 26.8 Å². The Morgan fingerprint density at radius 1 is 1.25 bits per heavy atom. The predicted molar refractivity (Wildman–Crippen MR) is 81.1 cm³/mol. The van der Waals surface area contributed by atoms with Crippen LogP contribution in [0.4, 0.5) is 0 Å². The lowest BCUT2D eigenvalue weighted by Gasteiger charge is -2.21. The third-order valence-electron chi connectivity index (χ3n) is 3.69. The van der Waals surface area contributed by atoms with Gasteiger partial charge in [-0.25, -0.2) is 0 Å². The highest BCUT2D eigenvalue weighted by atomic mass is 16.5. The molecule has 1 amide bonds. The first-order valence-corrected chi connectivity index (χ1v) is 7.69. The number of ether oxygens (including phenoxy) is 1. The minimum absolute atomic E-state index is 0.0276. The first-order chi connectivity index (χ1) is 9.60. The van der Waals surface area contributed by atoms with Gasteiger partial charge >= 0.3 is 0 Å². The van der Waals surface area contributed by atoms with Gasteiger partial charge in [0.1, 0.15) is 5.75 Å². The zero-order valence-corrected chi connectivity index (χ0v) is 12.7. The lowest BCUT2D eigenvalue weighted by molar-refractivity contribution is -0.128. The van der Waals surface area contributed by atoms with Gasteiger partial charge in [0.25, 0.3) is 5.91 Å². The number of carbonyl (C=O) groups excluding carboxylic acids is 1. The molecular weight excluding hydrogens is 250 g/mol. The van der Waals surface area contributed by atoms with Gasteiger partial charge in [0.2, 0.25) is 0 Å². The van der Waals surface area contributed by atoms with E-state index in [-0.39, 0.29) is 11.9 Å². The number of rotatable bonds is 5. The molecule has 0 saturated heterocycles. The van der Waals surface area contributed by atoms with Gasteiger partial charge in [-0.1, -0.05) is 13.0 Å². The number of fused-ring (bicyclic) bond motifs is 1. The molecule has 0 bridgehead atoms. The van der Waals surface area contributed by atoms with E-state index in [0.29, 0.717) is 6.42 Å². The molecule has 0 heterocycles. The number of amides is 1. The summed E-state index contributed by atoms with van der Waals surface area (Å²) < 4.78 is 5.88. The average molecular weight is 275 g/mol. The lowest BCUT2D eigenvalue weighted by Crippen LogP contribution is -2.41. The molecule has 110 valence electrons. The van der Waals surface area contributed by atoms with Crippen LogP contribution in [0.5, 0.6) is 5.75 Å². The topological polar surface area (TPSA) is 38.3 Å². The van der Waals surface area contributed by atoms with Crippen LogP contribution >= 0.6 is 0 Å². The highest BCUT2D eigenvalue weighted by molar-refractivity contribution is 5.81. The quantitative estimate of drug-likeness (QED) is 0.896. The second kappa shape index (κ2) is 6.78. The largest absolute Gasteiger partial charge is 0.481 e. The number of aryl methyl sites for hydroxylation is 2. The van der Waals surface area contributed by atoms with Gasteiger partial charge in [-0.15, -0.1) is 0 Å². The summed E-state index contributed by atoms with van der Waals surface area (Å²) in [5.74, 6) is 0.789. The molecule has 0 spiro atoms.